The second-order valence-electron chi connectivity index (χ2n) is 5.02. The van der Waals surface area contributed by atoms with Crippen LogP contribution >= 0.6 is 0 Å². The highest BCUT2D eigenvalue weighted by atomic mass is 16.5. The zero-order chi connectivity index (χ0) is 12.6. The molecule has 18 heavy (non-hydrogen) atoms. The summed E-state index contributed by atoms with van der Waals surface area (Å²) in [6, 6.07) is 10.0. The van der Waals surface area contributed by atoms with Crippen LogP contribution in [0.4, 0.5) is 0 Å². The lowest BCUT2D eigenvalue weighted by atomic mass is 9.94. The highest BCUT2D eigenvalue weighted by molar-refractivity contribution is 5.20. The van der Waals surface area contributed by atoms with Crippen LogP contribution in [0.15, 0.2) is 30.3 Å². The Kier molecular flexibility index (Phi) is 5.49. The van der Waals surface area contributed by atoms with Crippen molar-refractivity contribution in [3.8, 4) is 5.75 Å². The van der Waals surface area contributed by atoms with Gasteiger partial charge in [0.05, 0.1) is 0 Å². The molecule has 0 aliphatic carbocycles. The summed E-state index contributed by atoms with van der Waals surface area (Å²) in [7, 11) is 0. The number of hydrogen-bond donors (Lipinski definition) is 1. The Labute approximate surface area is 110 Å². The third-order valence-electron chi connectivity index (χ3n) is 3.70. The first-order valence-corrected chi connectivity index (χ1v) is 6.99. The minimum atomic E-state index is 0.783. The van der Waals surface area contributed by atoms with Crippen LogP contribution in [0.25, 0.3) is 0 Å². The molecule has 0 saturated carbocycles. The molecule has 3 nitrogen and oxygen atoms in total. The summed E-state index contributed by atoms with van der Waals surface area (Å²) in [4.78, 5) is 2.50. The van der Waals surface area contributed by atoms with Crippen LogP contribution in [0.1, 0.15) is 19.3 Å². The average molecular weight is 248 g/mol. The second-order valence-corrected chi connectivity index (χ2v) is 5.02. The van der Waals surface area contributed by atoms with Crippen LogP contribution in [0.3, 0.4) is 0 Å². The molecule has 0 amide bonds. The van der Waals surface area contributed by atoms with Crippen LogP contribution in [0.2, 0.25) is 0 Å². The van der Waals surface area contributed by atoms with Gasteiger partial charge < -0.3 is 10.5 Å². The van der Waals surface area contributed by atoms with Crippen LogP contribution in [-0.2, 0) is 0 Å². The van der Waals surface area contributed by atoms with Gasteiger partial charge in [0.25, 0.3) is 0 Å². The van der Waals surface area contributed by atoms with E-state index >= 15 is 0 Å². The number of hydrogen-bond acceptors (Lipinski definition) is 3. The molecule has 1 saturated heterocycles. The van der Waals surface area contributed by atoms with Crippen LogP contribution in [0.5, 0.6) is 5.75 Å². The number of likely N-dealkylation sites (tertiary alicyclic amines) is 1. The fourth-order valence-corrected chi connectivity index (χ4v) is 2.54. The Morgan fingerprint density at radius 1 is 1.17 bits per heavy atom. The van der Waals surface area contributed by atoms with E-state index in [4.69, 9.17) is 10.5 Å². The number of rotatable bonds is 6. The predicted molar refractivity (Wildman–Crippen MR) is 74.8 cm³/mol. The molecule has 2 N–H and O–H groups in total. The Hall–Kier alpha value is -1.06. The molecule has 3 heteroatoms. The summed E-state index contributed by atoms with van der Waals surface area (Å²) < 4.78 is 5.72. The zero-order valence-corrected chi connectivity index (χ0v) is 11.1. The number of nitrogens with two attached hydrogens (primary N) is 1. The summed E-state index contributed by atoms with van der Waals surface area (Å²) in [5.41, 5.74) is 5.61. The maximum atomic E-state index is 5.72. The zero-order valence-electron chi connectivity index (χ0n) is 11.1. The fourth-order valence-electron chi connectivity index (χ4n) is 2.54. The lowest BCUT2D eigenvalue weighted by molar-refractivity contribution is 0.152. The minimum absolute atomic E-state index is 0.783. The first-order valence-electron chi connectivity index (χ1n) is 6.99. The van der Waals surface area contributed by atoms with Gasteiger partial charge in [0, 0.05) is 6.54 Å². The largest absolute Gasteiger partial charge is 0.492 e. The summed E-state index contributed by atoms with van der Waals surface area (Å²) in [6.07, 6.45) is 3.78. The topological polar surface area (TPSA) is 38.5 Å². The Morgan fingerprint density at radius 2 is 1.89 bits per heavy atom. The molecule has 1 heterocycles. The highest BCUT2D eigenvalue weighted by Crippen LogP contribution is 2.19. The summed E-state index contributed by atoms with van der Waals surface area (Å²) in [5.74, 6) is 1.82. The Morgan fingerprint density at radius 3 is 2.56 bits per heavy atom. The van der Waals surface area contributed by atoms with E-state index in [1.807, 2.05) is 30.3 Å². The van der Waals surface area contributed by atoms with Crippen molar-refractivity contribution in [3.05, 3.63) is 30.3 Å². The minimum Gasteiger partial charge on any atom is -0.492 e. The molecule has 0 atom stereocenters. The predicted octanol–water partition coefficient (Wildman–Crippen LogP) is 2.13. The maximum absolute atomic E-state index is 5.72. The quantitative estimate of drug-likeness (QED) is 0.838. The summed E-state index contributed by atoms with van der Waals surface area (Å²) in [5, 5.41) is 0. The van der Waals surface area contributed by atoms with E-state index in [2.05, 4.69) is 4.90 Å². The van der Waals surface area contributed by atoms with Gasteiger partial charge in [0.2, 0.25) is 0 Å². The number of para-hydroxylation sites is 1. The van der Waals surface area contributed by atoms with Crippen molar-refractivity contribution in [3.63, 3.8) is 0 Å². The van der Waals surface area contributed by atoms with Gasteiger partial charge in [0.15, 0.2) is 0 Å². The smallest absolute Gasteiger partial charge is 0.119 e. The molecule has 0 unspecified atom stereocenters. The molecule has 1 fully saturated rings. The van der Waals surface area contributed by atoms with Gasteiger partial charge in [-0.2, -0.15) is 0 Å². The van der Waals surface area contributed by atoms with Gasteiger partial charge in [-0.3, -0.25) is 4.90 Å². The van der Waals surface area contributed by atoms with Crippen LogP contribution in [0, 0.1) is 5.92 Å². The molecule has 2 rings (SSSR count). The number of piperidine rings is 1. The van der Waals surface area contributed by atoms with E-state index in [1.54, 1.807) is 0 Å². The lowest BCUT2D eigenvalue weighted by Crippen LogP contribution is -2.36. The number of nitrogens with zero attached hydrogens (tertiary/aromatic N) is 1. The number of benzene rings is 1. The van der Waals surface area contributed by atoms with E-state index in [0.717, 1.165) is 31.4 Å². The molecule has 100 valence electrons. The first-order chi connectivity index (χ1) is 8.88. The summed E-state index contributed by atoms with van der Waals surface area (Å²) >= 11 is 0. The Bertz CT molecular complexity index is 321. The monoisotopic (exact) mass is 248 g/mol. The molecule has 0 spiro atoms. The van der Waals surface area contributed by atoms with Crippen molar-refractivity contribution >= 4 is 0 Å². The molecule has 1 aliphatic rings. The van der Waals surface area contributed by atoms with Crippen LogP contribution in [-0.4, -0.2) is 37.7 Å². The molecule has 1 aromatic carbocycles. The van der Waals surface area contributed by atoms with Gasteiger partial charge in [-0.1, -0.05) is 18.2 Å². The van der Waals surface area contributed by atoms with Crippen molar-refractivity contribution in [2.45, 2.75) is 19.3 Å². The molecule has 0 aromatic heterocycles. The third kappa shape index (κ3) is 4.31. The van der Waals surface area contributed by atoms with Crippen molar-refractivity contribution in [1.82, 2.24) is 4.90 Å². The first kappa shape index (κ1) is 13.4. The van der Waals surface area contributed by atoms with Gasteiger partial charge >= 0.3 is 0 Å². The van der Waals surface area contributed by atoms with E-state index in [-0.39, 0.29) is 0 Å². The maximum Gasteiger partial charge on any atom is 0.119 e. The third-order valence-corrected chi connectivity index (χ3v) is 3.70. The molecule has 0 bridgehead atoms. The number of ether oxygens (including phenoxy) is 1. The van der Waals surface area contributed by atoms with Crippen molar-refractivity contribution in [2.24, 2.45) is 11.7 Å². The van der Waals surface area contributed by atoms with Gasteiger partial charge in [-0.15, -0.1) is 0 Å². The fraction of sp³-hybridized carbons (Fsp3) is 0.600. The van der Waals surface area contributed by atoms with Gasteiger partial charge in [0.1, 0.15) is 12.4 Å². The average Bonchev–Trinajstić information content (AvgIpc) is 2.42. The molecule has 1 aliphatic heterocycles. The standard InChI is InChI=1S/C15H24N2O/c16-9-6-14-7-10-17(11-8-14)12-13-18-15-4-2-1-3-5-15/h1-5,14H,6-13,16H2. The highest BCUT2D eigenvalue weighted by Gasteiger charge is 2.17. The molecule has 0 radical (unpaired) electrons. The normalized spacial score (nSPS) is 17.8. The molecule has 1 aromatic rings. The van der Waals surface area contributed by atoms with E-state index in [9.17, 15) is 0 Å². The van der Waals surface area contributed by atoms with E-state index < -0.39 is 0 Å². The lowest BCUT2D eigenvalue weighted by Gasteiger charge is -2.31. The molecular formula is C15H24N2O. The van der Waals surface area contributed by atoms with Gasteiger partial charge in [-0.05, 0) is 56.9 Å². The van der Waals surface area contributed by atoms with Gasteiger partial charge in [-0.25, -0.2) is 0 Å². The van der Waals surface area contributed by atoms with Crippen LogP contribution < -0.4 is 10.5 Å². The summed E-state index contributed by atoms with van der Waals surface area (Å²) in [6.45, 7) is 5.04. The molecular weight excluding hydrogens is 224 g/mol. The SMILES string of the molecule is NCCC1CCN(CCOc2ccccc2)CC1. The van der Waals surface area contributed by atoms with Crippen molar-refractivity contribution in [2.75, 3.05) is 32.8 Å². The Balaban J connectivity index is 1.61. The van der Waals surface area contributed by atoms with Crippen molar-refractivity contribution in [1.29, 1.82) is 0 Å². The van der Waals surface area contributed by atoms with Crippen molar-refractivity contribution < 1.29 is 4.74 Å². The second kappa shape index (κ2) is 7.39. The van der Waals surface area contributed by atoms with E-state index in [0.29, 0.717) is 0 Å². The van der Waals surface area contributed by atoms with E-state index in [1.165, 1.54) is 32.4 Å².